The zero-order valence-electron chi connectivity index (χ0n) is 7.69. The van der Waals surface area contributed by atoms with E-state index in [0.717, 1.165) is 0 Å². The molecule has 0 aliphatic rings. The second-order valence-electron chi connectivity index (χ2n) is 2.58. The molecular weight excluding hydrogens is 182 g/mol. The average Bonchev–Trinajstić information content (AvgIpc) is 2.21. The molecule has 0 N–H and O–H groups in total. The Balaban J connectivity index is 2.95. The van der Waals surface area contributed by atoms with Crippen molar-refractivity contribution in [2.45, 2.75) is 6.42 Å². The summed E-state index contributed by atoms with van der Waals surface area (Å²) >= 11 is 0. The van der Waals surface area contributed by atoms with E-state index in [1.807, 2.05) is 0 Å². The first kappa shape index (κ1) is 10.2. The largest absolute Gasteiger partial charge is 0.469 e. The Morgan fingerprint density at radius 2 is 2.21 bits per heavy atom. The highest BCUT2D eigenvalue weighted by Crippen LogP contribution is 2.18. The fraction of sp³-hybridized carbons (Fsp3) is 0.200. The molecular formula is C10H9NO3. The van der Waals surface area contributed by atoms with E-state index < -0.39 is 0 Å². The molecule has 0 atom stereocenters. The van der Waals surface area contributed by atoms with Crippen LogP contribution < -0.4 is 0 Å². The molecule has 0 unspecified atom stereocenters. The molecule has 14 heavy (non-hydrogen) atoms. The number of para-hydroxylation sites is 1. The van der Waals surface area contributed by atoms with E-state index in [-0.39, 0.29) is 12.4 Å². The minimum Gasteiger partial charge on any atom is -0.469 e. The molecule has 1 aromatic rings. The molecule has 4 heteroatoms. The Morgan fingerprint density at radius 1 is 1.50 bits per heavy atom. The van der Waals surface area contributed by atoms with Crippen molar-refractivity contribution in [2.75, 3.05) is 7.11 Å². The lowest BCUT2D eigenvalue weighted by Crippen LogP contribution is -2.04. The van der Waals surface area contributed by atoms with Gasteiger partial charge in [-0.2, -0.15) is 4.99 Å². The first-order chi connectivity index (χ1) is 6.77. The van der Waals surface area contributed by atoms with Crippen molar-refractivity contribution in [3.8, 4) is 0 Å². The summed E-state index contributed by atoms with van der Waals surface area (Å²) in [5, 5.41) is 0. The van der Waals surface area contributed by atoms with Gasteiger partial charge in [-0.25, -0.2) is 4.79 Å². The van der Waals surface area contributed by atoms with Gasteiger partial charge in [-0.1, -0.05) is 18.2 Å². The molecule has 0 aliphatic heterocycles. The van der Waals surface area contributed by atoms with Gasteiger partial charge in [0.25, 0.3) is 0 Å². The van der Waals surface area contributed by atoms with Crippen LogP contribution in [0.15, 0.2) is 29.3 Å². The third-order valence-electron chi connectivity index (χ3n) is 1.72. The van der Waals surface area contributed by atoms with Crippen LogP contribution in [0.2, 0.25) is 0 Å². The van der Waals surface area contributed by atoms with Crippen molar-refractivity contribution in [3.05, 3.63) is 29.8 Å². The van der Waals surface area contributed by atoms with Crippen molar-refractivity contribution in [3.63, 3.8) is 0 Å². The first-order valence-corrected chi connectivity index (χ1v) is 4.00. The van der Waals surface area contributed by atoms with Crippen molar-refractivity contribution >= 4 is 17.7 Å². The maximum absolute atomic E-state index is 11.0. The van der Waals surface area contributed by atoms with Gasteiger partial charge in [0, 0.05) is 0 Å². The van der Waals surface area contributed by atoms with Gasteiger partial charge in [0.15, 0.2) is 0 Å². The highest BCUT2D eigenvalue weighted by molar-refractivity contribution is 5.74. The predicted molar refractivity (Wildman–Crippen MR) is 49.9 cm³/mol. The van der Waals surface area contributed by atoms with E-state index in [4.69, 9.17) is 0 Å². The number of carbonyl (C=O) groups excluding carboxylic acids is 2. The summed E-state index contributed by atoms with van der Waals surface area (Å²) in [5.74, 6) is -0.362. The zero-order valence-corrected chi connectivity index (χ0v) is 7.69. The van der Waals surface area contributed by atoms with Gasteiger partial charge in [0.1, 0.15) is 0 Å². The molecule has 0 spiro atoms. The van der Waals surface area contributed by atoms with Gasteiger partial charge < -0.3 is 4.74 Å². The minimum absolute atomic E-state index is 0.109. The first-order valence-electron chi connectivity index (χ1n) is 4.00. The average molecular weight is 191 g/mol. The van der Waals surface area contributed by atoms with E-state index in [2.05, 4.69) is 9.73 Å². The van der Waals surface area contributed by atoms with E-state index in [1.54, 1.807) is 24.3 Å². The van der Waals surface area contributed by atoms with Crippen LogP contribution in [0.1, 0.15) is 5.56 Å². The Morgan fingerprint density at radius 3 is 2.86 bits per heavy atom. The lowest BCUT2D eigenvalue weighted by atomic mass is 10.1. The number of hydrogen-bond acceptors (Lipinski definition) is 4. The molecule has 72 valence electrons. The Hall–Kier alpha value is -1.93. The lowest BCUT2D eigenvalue weighted by molar-refractivity contribution is -0.139. The van der Waals surface area contributed by atoms with E-state index in [0.29, 0.717) is 11.3 Å². The second-order valence-corrected chi connectivity index (χ2v) is 2.58. The van der Waals surface area contributed by atoms with Crippen LogP contribution in [0.25, 0.3) is 0 Å². The van der Waals surface area contributed by atoms with E-state index >= 15 is 0 Å². The summed E-state index contributed by atoms with van der Waals surface area (Å²) in [7, 11) is 1.31. The molecule has 0 radical (unpaired) electrons. The van der Waals surface area contributed by atoms with Gasteiger partial charge in [-0.3, -0.25) is 4.79 Å². The highest BCUT2D eigenvalue weighted by Gasteiger charge is 2.06. The van der Waals surface area contributed by atoms with Crippen molar-refractivity contribution in [1.29, 1.82) is 0 Å². The highest BCUT2D eigenvalue weighted by atomic mass is 16.5. The lowest BCUT2D eigenvalue weighted by Gasteiger charge is -2.01. The van der Waals surface area contributed by atoms with Crippen LogP contribution in [-0.4, -0.2) is 19.2 Å². The number of aliphatic imine (C=N–C) groups is 1. The molecule has 1 aromatic carbocycles. The molecule has 0 amide bonds. The number of methoxy groups -OCH3 is 1. The topological polar surface area (TPSA) is 55.7 Å². The smallest absolute Gasteiger partial charge is 0.310 e. The normalized spacial score (nSPS) is 8.93. The Bertz CT molecular complexity index is 381. The molecule has 0 saturated heterocycles. The van der Waals surface area contributed by atoms with Crippen molar-refractivity contribution < 1.29 is 14.3 Å². The van der Waals surface area contributed by atoms with E-state index in [1.165, 1.54) is 13.2 Å². The number of rotatable bonds is 3. The summed E-state index contributed by atoms with van der Waals surface area (Å²) in [5.41, 5.74) is 1.11. The Labute approximate surface area is 81.2 Å². The monoisotopic (exact) mass is 191 g/mol. The van der Waals surface area contributed by atoms with Crippen LogP contribution in [0.3, 0.4) is 0 Å². The van der Waals surface area contributed by atoms with Crippen molar-refractivity contribution in [2.24, 2.45) is 4.99 Å². The van der Waals surface area contributed by atoms with Gasteiger partial charge in [-0.15, -0.1) is 0 Å². The standard InChI is InChI=1S/C10H9NO3/c1-14-10(13)6-8-4-2-3-5-9(8)11-7-12/h2-5H,6H2,1H3. The quantitative estimate of drug-likeness (QED) is 0.412. The molecule has 0 bridgehead atoms. The number of esters is 1. The maximum Gasteiger partial charge on any atom is 0.310 e. The molecule has 0 fully saturated rings. The number of benzene rings is 1. The second kappa shape index (κ2) is 4.94. The predicted octanol–water partition coefficient (Wildman–Crippen LogP) is 1.37. The summed E-state index contributed by atoms with van der Waals surface area (Å²) in [6.07, 6.45) is 1.55. The minimum atomic E-state index is -0.362. The van der Waals surface area contributed by atoms with Crippen molar-refractivity contribution in [1.82, 2.24) is 0 Å². The number of carbonyl (C=O) groups is 1. The SMILES string of the molecule is COC(=O)Cc1ccccc1N=C=O. The van der Waals surface area contributed by atoms with Gasteiger partial charge in [0.2, 0.25) is 6.08 Å². The Kier molecular flexibility index (Phi) is 3.58. The summed E-state index contributed by atoms with van der Waals surface area (Å²) in [4.78, 5) is 24.5. The molecule has 0 saturated carbocycles. The molecule has 0 heterocycles. The molecule has 4 nitrogen and oxygen atoms in total. The third kappa shape index (κ3) is 2.54. The summed E-state index contributed by atoms with van der Waals surface area (Å²) < 4.78 is 4.51. The number of hydrogen-bond donors (Lipinski definition) is 0. The van der Waals surface area contributed by atoms with Gasteiger partial charge in [-0.05, 0) is 11.6 Å². The fourth-order valence-electron chi connectivity index (χ4n) is 1.05. The zero-order chi connectivity index (χ0) is 10.4. The van der Waals surface area contributed by atoms with Gasteiger partial charge >= 0.3 is 5.97 Å². The fourth-order valence-corrected chi connectivity index (χ4v) is 1.05. The van der Waals surface area contributed by atoms with Crippen LogP contribution in [0, 0.1) is 0 Å². The van der Waals surface area contributed by atoms with Gasteiger partial charge in [0.05, 0.1) is 19.2 Å². The number of isocyanates is 1. The third-order valence-corrected chi connectivity index (χ3v) is 1.72. The van der Waals surface area contributed by atoms with Crippen LogP contribution >= 0.6 is 0 Å². The number of nitrogens with zero attached hydrogens (tertiary/aromatic N) is 1. The maximum atomic E-state index is 11.0. The molecule has 1 rings (SSSR count). The van der Waals surface area contributed by atoms with E-state index in [9.17, 15) is 9.59 Å². The van der Waals surface area contributed by atoms with Crippen LogP contribution in [0.5, 0.6) is 0 Å². The molecule has 0 aliphatic carbocycles. The summed E-state index contributed by atoms with van der Waals surface area (Å²) in [6, 6.07) is 6.86. The van der Waals surface area contributed by atoms with Crippen LogP contribution in [-0.2, 0) is 20.7 Å². The molecule has 0 aromatic heterocycles. The summed E-state index contributed by atoms with van der Waals surface area (Å²) in [6.45, 7) is 0. The van der Waals surface area contributed by atoms with Crippen LogP contribution in [0.4, 0.5) is 5.69 Å². The number of ether oxygens (including phenoxy) is 1.